The largest absolute Gasteiger partial charge is 0.344 e. The Morgan fingerprint density at radius 2 is 1.79 bits per heavy atom. The Labute approximate surface area is 142 Å². The Hall–Kier alpha value is -2.76. The topological polar surface area (TPSA) is 66.8 Å². The molecular formula is C18H22N6. The van der Waals surface area contributed by atoms with Crippen LogP contribution in [0.25, 0.3) is 11.2 Å². The third-order valence-electron chi connectivity index (χ3n) is 3.82. The Morgan fingerprint density at radius 3 is 2.54 bits per heavy atom. The van der Waals surface area contributed by atoms with Gasteiger partial charge in [-0.25, -0.2) is 9.97 Å². The number of hydrogen-bond acceptors (Lipinski definition) is 6. The molecule has 0 radical (unpaired) electrons. The molecule has 0 saturated carbocycles. The molecule has 0 spiro atoms. The van der Waals surface area contributed by atoms with Crippen molar-refractivity contribution in [1.29, 1.82) is 0 Å². The molecule has 0 atom stereocenters. The minimum absolute atomic E-state index is 0.598. The molecule has 0 aliphatic rings. The SMILES string of the molecule is CCCCN(C)c1nc(Nc2ccc(C)cc2)c2nccnc2n1. The van der Waals surface area contributed by atoms with Crippen molar-refractivity contribution in [2.24, 2.45) is 0 Å². The summed E-state index contributed by atoms with van der Waals surface area (Å²) in [6.07, 6.45) is 5.54. The zero-order chi connectivity index (χ0) is 16.9. The van der Waals surface area contributed by atoms with Gasteiger partial charge in [0.05, 0.1) is 0 Å². The third kappa shape index (κ3) is 3.59. The van der Waals surface area contributed by atoms with Crippen LogP contribution in [0.1, 0.15) is 25.3 Å². The van der Waals surface area contributed by atoms with Crippen LogP contribution >= 0.6 is 0 Å². The van der Waals surface area contributed by atoms with Crippen LogP contribution in [-0.4, -0.2) is 33.5 Å². The highest BCUT2D eigenvalue weighted by Crippen LogP contribution is 2.23. The van der Waals surface area contributed by atoms with E-state index in [2.05, 4.69) is 56.1 Å². The van der Waals surface area contributed by atoms with Gasteiger partial charge in [-0.2, -0.15) is 9.97 Å². The lowest BCUT2D eigenvalue weighted by atomic mass is 10.2. The molecule has 1 N–H and O–H groups in total. The van der Waals surface area contributed by atoms with Crippen LogP contribution < -0.4 is 10.2 Å². The maximum atomic E-state index is 4.67. The normalized spacial score (nSPS) is 10.8. The third-order valence-corrected chi connectivity index (χ3v) is 3.82. The van der Waals surface area contributed by atoms with Crippen LogP contribution in [0.15, 0.2) is 36.7 Å². The number of anilines is 3. The van der Waals surface area contributed by atoms with Gasteiger partial charge < -0.3 is 10.2 Å². The molecule has 0 aliphatic heterocycles. The van der Waals surface area contributed by atoms with Crippen LogP contribution in [0, 0.1) is 6.92 Å². The van der Waals surface area contributed by atoms with Crippen LogP contribution in [0.3, 0.4) is 0 Å². The minimum Gasteiger partial charge on any atom is -0.344 e. The molecular weight excluding hydrogens is 300 g/mol. The highest BCUT2D eigenvalue weighted by Gasteiger charge is 2.12. The molecule has 0 amide bonds. The van der Waals surface area contributed by atoms with Crippen LogP contribution in [0.2, 0.25) is 0 Å². The number of rotatable bonds is 6. The van der Waals surface area contributed by atoms with Crippen molar-refractivity contribution < 1.29 is 0 Å². The smallest absolute Gasteiger partial charge is 0.229 e. The Bertz CT molecular complexity index is 815. The zero-order valence-electron chi connectivity index (χ0n) is 14.3. The van der Waals surface area contributed by atoms with E-state index in [4.69, 9.17) is 0 Å². The number of benzene rings is 1. The molecule has 0 unspecified atom stereocenters. The lowest BCUT2D eigenvalue weighted by Gasteiger charge is -2.18. The van der Waals surface area contributed by atoms with E-state index in [9.17, 15) is 0 Å². The maximum absolute atomic E-state index is 4.67. The highest BCUT2D eigenvalue weighted by atomic mass is 15.3. The van der Waals surface area contributed by atoms with Crippen molar-refractivity contribution in [2.75, 3.05) is 23.8 Å². The summed E-state index contributed by atoms with van der Waals surface area (Å²) in [4.78, 5) is 20.0. The van der Waals surface area contributed by atoms with Gasteiger partial charge in [0.15, 0.2) is 17.0 Å². The van der Waals surface area contributed by atoms with Crippen molar-refractivity contribution >= 4 is 28.6 Å². The van der Waals surface area contributed by atoms with E-state index >= 15 is 0 Å². The molecule has 124 valence electrons. The number of nitrogens with one attached hydrogen (secondary N) is 1. The summed E-state index contributed by atoms with van der Waals surface area (Å²) in [6.45, 7) is 5.15. The Kier molecular flexibility index (Phi) is 4.84. The lowest BCUT2D eigenvalue weighted by molar-refractivity contribution is 0.751. The summed E-state index contributed by atoms with van der Waals surface area (Å²) >= 11 is 0. The van der Waals surface area contributed by atoms with Gasteiger partial charge in [-0.1, -0.05) is 31.0 Å². The highest BCUT2D eigenvalue weighted by molar-refractivity contribution is 5.85. The molecule has 0 saturated heterocycles. The van der Waals surface area contributed by atoms with E-state index < -0.39 is 0 Å². The van der Waals surface area contributed by atoms with Gasteiger partial charge in [0.2, 0.25) is 5.95 Å². The summed E-state index contributed by atoms with van der Waals surface area (Å²) < 4.78 is 0. The molecule has 0 bridgehead atoms. The predicted octanol–water partition coefficient (Wildman–Crippen LogP) is 3.71. The van der Waals surface area contributed by atoms with Gasteiger partial charge in [0, 0.05) is 31.7 Å². The second-order valence-corrected chi connectivity index (χ2v) is 5.87. The van der Waals surface area contributed by atoms with E-state index in [1.807, 2.05) is 19.2 Å². The number of aromatic nitrogens is 4. The molecule has 24 heavy (non-hydrogen) atoms. The van der Waals surface area contributed by atoms with Crippen LogP contribution in [-0.2, 0) is 0 Å². The van der Waals surface area contributed by atoms with Crippen molar-refractivity contribution in [1.82, 2.24) is 19.9 Å². The standard InChI is InChI=1S/C18H22N6/c1-4-5-12-24(3)18-22-16-15(19-10-11-20-16)17(23-18)21-14-8-6-13(2)7-9-14/h6-11H,4-5,12H2,1-3H3,(H,20,21,22,23). The summed E-state index contributed by atoms with van der Waals surface area (Å²) in [5.41, 5.74) is 3.45. The first-order valence-corrected chi connectivity index (χ1v) is 8.21. The molecule has 6 heteroatoms. The fourth-order valence-electron chi connectivity index (χ4n) is 2.38. The number of fused-ring (bicyclic) bond motifs is 1. The molecule has 6 nitrogen and oxygen atoms in total. The summed E-state index contributed by atoms with van der Waals surface area (Å²) in [5, 5.41) is 3.35. The fraction of sp³-hybridized carbons (Fsp3) is 0.333. The Morgan fingerprint density at radius 1 is 1.04 bits per heavy atom. The molecule has 0 aliphatic carbocycles. The van der Waals surface area contributed by atoms with Crippen molar-refractivity contribution in [2.45, 2.75) is 26.7 Å². The van der Waals surface area contributed by atoms with Gasteiger partial charge in [-0.3, -0.25) is 0 Å². The average molecular weight is 322 g/mol. The average Bonchev–Trinajstić information content (AvgIpc) is 2.61. The van der Waals surface area contributed by atoms with Gasteiger partial charge in [0.1, 0.15) is 0 Å². The van der Waals surface area contributed by atoms with Gasteiger partial charge in [-0.15, -0.1) is 0 Å². The predicted molar refractivity (Wildman–Crippen MR) is 97.8 cm³/mol. The maximum Gasteiger partial charge on any atom is 0.229 e. The molecule has 0 fully saturated rings. The van der Waals surface area contributed by atoms with Gasteiger partial charge in [-0.05, 0) is 25.5 Å². The number of nitrogens with zero attached hydrogens (tertiary/aromatic N) is 5. The molecule has 3 aromatic rings. The summed E-state index contributed by atoms with van der Waals surface area (Å²) in [6, 6.07) is 8.18. The summed E-state index contributed by atoms with van der Waals surface area (Å²) in [7, 11) is 2.00. The molecule has 1 aromatic carbocycles. The van der Waals surface area contributed by atoms with Crippen molar-refractivity contribution in [3.63, 3.8) is 0 Å². The van der Waals surface area contributed by atoms with Gasteiger partial charge in [0.25, 0.3) is 0 Å². The number of hydrogen-bond donors (Lipinski definition) is 1. The van der Waals surface area contributed by atoms with Crippen LogP contribution in [0.5, 0.6) is 0 Å². The van der Waals surface area contributed by atoms with E-state index in [1.165, 1.54) is 5.56 Å². The summed E-state index contributed by atoms with van der Waals surface area (Å²) in [5.74, 6) is 1.33. The molecule has 2 heterocycles. The second-order valence-electron chi connectivity index (χ2n) is 5.87. The second kappa shape index (κ2) is 7.21. The molecule has 2 aromatic heterocycles. The van der Waals surface area contributed by atoms with E-state index in [-0.39, 0.29) is 0 Å². The van der Waals surface area contributed by atoms with Crippen molar-refractivity contribution in [3.8, 4) is 0 Å². The van der Waals surface area contributed by atoms with Crippen molar-refractivity contribution in [3.05, 3.63) is 42.2 Å². The number of aryl methyl sites for hydroxylation is 1. The first-order valence-electron chi connectivity index (χ1n) is 8.21. The zero-order valence-corrected chi connectivity index (χ0v) is 14.3. The molecule has 3 rings (SSSR count). The minimum atomic E-state index is 0.598. The quantitative estimate of drug-likeness (QED) is 0.746. The van der Waals surface area contributed by atoms with E-state index in [0.29, 0.717) is 22.9 Å². The number of unbranched alkanes of at least 4 members (excludes halogenated alkanes) is 1. The van der Waals surface area contributed by atoms with Gasteiger partial charge >= 0.3 is 0 Å². The van der Waals surface area contributed by atoms with E-state index in [0.717, 1.165) is 25.1 Å². The van der Waals surface area contributed by atoms with E-state index in [1.54, 1.807) is 12.4 Å². The monoisotopic (exact) mass is 322 g/mol. The Balaban J connectivity index is 1.99. The van der Waals surface area contributed by atoms with Crippen LogP contribution in [0.4, 0.5) is 17.5 Å². The first-order chi connectivity index (χ1) is 11.7. The fourth-order valence-corrected chi connectivity index (χ4v) is 2.38. The first kappa shape index (κ1) is 16.1. The lowest BCUT2D eigenvalue weighted by Crippen LogP contribution is -2.21.